The smallest absolute Gasteiger partial charge is 0.251 e. The van der Waals surface area contributed by atoms with E-state index in [-0.39, 0.29) is 5.91 Å². The van der Waals surface area contributed by atoms with E-state index in [1.54, 1.807) is 43.0 Å². The Morgan fingerprint density at radius 2 is 2.25 bits per heavy atom. The number of nitrogens with zero attached hydrogens (tertiary/aromatic N) is 3. The third kappa shape index (κ3) is 3.49. The molecule has 0 unspecified atom stereocenters. The number of hydrogen-bond donors (Lipinski definition) is 1. The van der Waals surface area contributed by atoms with Gasteiger partial charge in [-0.1, -0.05) is 18.5 Å². The summed E-state index contributed by atoms with van der Waals surface area (Å²) in [5, 5.41) is 3.29. The van der Waals surface area contributed by atoms with Crippen molar-refractivity contribution in [1.29, 1.82) is 0 Å². The number of nitrogens with one attached hydrogen (secondary N) is 1. The number of benzene rings is 1. The SMILES string of the molecule is CCCOc1ccc(C(=O)NCc2cnc3cnccn23)cc1Cl. The van der Waals surface area contributed by atoms with Crippen LogP contribution in [0.25, 0.3) is 5.65 Å². The molecule has 3 aromatic rings. The summed E-state index contributed by atoms with van der Waals surface area (Å²) in [6, 6.07) is 5.03. The van der Waals surface area contributed by atoms with Gasteiger partial charge in [-0.25, -0.2) is 4.98 Å². The van der Waals surface area contributed by atoms with Gasteiger partial charge in [-0.15, -0.1) is 0 Å². The molecule has 0 bridgehead atoms. The number of halogens is 1. The molecule has 0 aliphatic carbocycles. The van der Waals surface area contributed by atoms with Gasteiger partial charge < -0.3 is 10.1 Å². The van der Waals surface area contributed by atoms with Gasteiger partial charge in [-0.2, -0.15) is 0 Å². The van der Waals surface area contributed by atoms with E-state index in [1.807, 2.05) is 11.3 Å². The number of aromatic nitrogens is 3. The van der Waals surface area contributed by atoms with Crippen molar-refractivity contribution >= 4 is 23.2 Å². The molecule has 0 aliphatic rings. The summed E-state index contributed by atoms with van der Waals surface area (Å²) in [7, 11) is 0. The quantitative estimate of drug-likeness (QED) is 0.746. The minimum atomic E-state index is -0.206. The van der Waals surface area contributed by atoms with E-state index in [0.717, 1.165) is 17.8 Å². The Morgan fingerprint density at radius 1 is 1.38 bits per heavy atom. The van der Waals surface area contributed by atoms with E-state index in [0.29, 0.717) is 29.5 Å². The van der Waals surface area contributed by atoms with Crippen molar-refractivity contribution < 1.29 is 9.53 Å². The summed E-state index contributed by atoms with van der Waals surface area (Å²) < 4.78 is 7.38. The summed E-state index contributed by atoms with van der Waals surface area (Å²) in [4.78, 5) is 20.5. The van der Waals surface area contributed by atoms with E-state index in [1.165, 1.54) is 0 Å². The Bertz CT molecular complexity index is 863. The number of rotatable bonds is 6. The lowest BCUT2D eigenvalue weighted by Crippen LogP contribution is -2.23. The average molecular weight is 345 g/mol. The molecule has 1 N–H and O–H groups in total. The maximum atomic E-state index is 12.3. The van der Waals surface area contributed by atoms with Crippen LogP contribution in [0.3, 0.4) is 0 Å². The number of imidazole rings is 1. The van der Waals surface area contributed by atoms with Gasteiger partial charge in [-0.05, 0) is 24.6 Å². The Balaban J connectivity index is 1.67. The van der Waals surface area contributed by atoms with Crippen LogP contribution in [0.4, 0.5) is 0 Å². The lowest BCUT2D eigenvalue weighted by Gasteiger charge is -2.09. The molecule has 0 saturated carbocycles. The first kappa shape index (κ1) is 16.3. The predicted octanol–water partition coefficient (Wildman–Crippen LogP) is 3.10. The molecule has 7 heteroatoms. The first-order valence-corrected chi connectivity index (χ1v) is 8.03. The van der Waals surface area contributed by atoms with Crippen LogP contribution in [-0.4, -0.2) is 26.9 Å². The zero-order chi connectivity index (χ0) is 16.9. The molecule has 0 fully saturated rings. The molecule has 6 nitrogen and oxygen atoms in total. The van der Waals surface area contributed by atoms with E-state index in [9.17, 15) is 4.79 Å². The van der Waals surface area contributed by atoms with E-state index in [2.05, 4.69) is 15.3 Å². The second kappa shape index (κ2) is 7.31. The largest absolute Gasteiger partial charge is 0.492 e. The molecule has 0 atom stereocenters. The highest BCUT2D eigenvalue weighted by Crippen LogP contribution is 2.25. The molecular weight excluding hydrogens is 328 g/mol. The fraction of sp³-hybridized carbons (Fsp3) is 0.235. The highest BCUT2D eigenvalue weighted by molar-refractivity contribution is 6.32. The molecular formula is C17H17ClN4O2. The zero-order valence-corrected chi connectivity index (χ0v) is 14.0. The van der Waals surface area contributed by atoms with Crippen molar-refractivity contribution in [3.8, 4) is 5.75 Å². The van der Waals surface area contributed by atoms with Crippen molar-refractivity contribution in [3.63, 3.8) is 0 Å². The van der Waals surface area contributed by atoms with Crippen LogP contribution in [0.15, 0.2) is 43.0 Å². The molecule has 2 heterocycles. The molecule has 1 aromatic carbocycles. The second-order valence-electron chi connectivity index (χ2n) is 5.23. The van der Waals surface area contributed by atoms with Crippen LogP contribution in [0.5, 0.6) is 5.75 Å². The third-order valence-electron chi connectivity index (χ3n) is 3.48. The molecule has 0 saturated heterocycles. The minimum absolute atomic E-state index is 0.206. The van der Waals surface area contributed by atoms with Gasteiger partial charge in [0.1, 0.15) is 5.75 Å². The second-order valence-corrected chi connectivity index (χ2v) is 5.64. The fourth-order valence-electron chi connectivity index (χ4n) is 2.27. The number of carbonyl (C=O) groups excluding carboxylic acids is 1. The normalized spacial score (nSPS) is 10.8. The molecule has 0 spiro atoms. The van der Waals surface area contributed by atoms with Gasteiger partial charge in [0.15, 0.2) is 5.65 Å². The van der Waals surface area contributed by atoms with Gasteiger partial charge in [0.05, 0.1) is 36.3 Å². The Kier molecular flexibility index (Phi) is 4.96. The van der Waals surface area contributed by atoms with Crippen LogP contribution >= 0.6 is 11.6 Å². The molecule has 24 heavy (non-hydrogen) atoms. The Morgan fingerprint density at radius 3 is 3.04 bits per heavy atom. The van der Waals surface area contributed by atoms with Gasteiger partial charge in [0.2, 0.25) is 0 Å². The standard InChI is InChI=1S/C17H17ClN4O2/c1-2-7-24-15-4-3-12(8-14(15)18)17(23)21-10-13-9-20-16-11-19-5-6-22(13)16/h3-6,8-9,11H,2,7,10H2,1H3,(H,21,23). The zero-order valence-electron chi connectivity index (χ0n) is 13.2. The predicted molar refractivity (Wildman–Crippen MR) is 91.4 cm³/mol. The maximum Gasteiger partial charge on any atom is 0.251 e. The molecule has 124 valence electrons. The summed E-state index contributed by atoms with van der Waals surface area (Å²) in [5.41, 5.74) is 2.09. The lowest BCUT2D eigenvalue weighted by molar-refractivity contribution is 0.0950. The van der Waals surface area contributed by atoms with Crippen molar-refractivity contribution in [3.05, 3.63) is 59.3 Å². The lowest BCUT2D eigenvalue weighted by atomic mass is 10.2. The summed E-state index contributed by atoms with van der Waals surface area (Å²) >= 11 is 6.16. The van der Waals surface area contributed by atoms with Crippen LogP contribution in [-0.2, 0) is 6.54 Å². The van der Waals surface area contributed by atoms with Crippen LogP contribution in [0.1, 0.15) is 29.4 Å². The summed E-state index contributed by atoms with van der Waals surface area (Å²) in [6.07, 6.45) is 7.76. The highest BCUT2D eigenvalue weighted by atomic mass is 35.5. The van der Waals surface area contributed by atoms with Crippen LogP contribution in [0.2, 0.25) is 5.02 Å². The van der Waals surface area contributed by atoms with Gasteiger partial charge in [-0.3, -0.25) is 14.2 Å². The highest BCUT2D eigenvalue weighted by Gasteiger charge is 2.10. The third-order valence-corrected chi connectivity index (χ3v) is 3.78. The Hall–Kier alpha value is -2.60. The number of amides is 1. The maximum absolute atomic E-state index is 12.3. The van der Waals surface area contributed by atoms with Gasteiger partial charge in [0, 0.05) is 18.0 Å². The summed E-state index contributed by atoms with van der Waals surface area (Å²) in [6.45, 7) is 2.97. The topological polar surface area (TPSA) is 68.5 Å². The van der Waals surface area contributed by atoms with E-state index >= 15 is 0 Å². The number of carbonyl (C=O) groups is 1. The first-order valence-electron chi connectivity index (χ1n) is 7.65. The average Bonchev–Trinajstić information content (AvgIpc) is 3.02. The monoisotopic (exact) mass is 344 g/mol. The first-order chi connectivity index (χ1) is 11.7. The molecule has 0 radical (unpaired) electrons. The van der Waals surface area contributed by atoms with Crippen LogP contribution in [0, 0.1) is 0 Å². The summed E-state index contributed by atoms with van der Waals surface area (Å²) in [5.74, 6) is 0.382. The van der Waals surface area contributed by atoms with Crippen molar-refractivity contribution in [2.24, 2.45) is 0 Å². The van der Waals surface area contributed by atoms with Gasteiger partial charge >= 0.3 is 0 Å². The Labute approximate surface area is 144 Å². The fourth-order valence-corrected chi connectivity index (χ4v) is 2.50. The van der Waals surface area contributed by atoms with Crippen molar-refractivity contribution in [2.75, 3.05) is 6.61 Å². The molecule has 0 aliphatic heterocycles. The van der Waals surface area contributed by atoms with Crippen molar-refractivity contribution in [1.82, 2.24) is 19.7 Å². The van der Waals surface area contributed by atoms with E-state index < -0.39 is 0 Å². The van der Waals surface area contributed by atoms with Crippen molar-refractivity contribution in [2.45, 2.75) is 19.9 Å². The van der Waals surface area contributed by atoms with E-state index in [4.69, 9.17) is 16.3 Å². The number of hydrogen-bond acceptors (Lipinski definition) is 4. The van der Waals surface area contributed by atoms with Crippen LogP contribution < -0.4 is 10.1 Å². The minimum Gasteiger partial charge on any atom is -0.492 e. The molecule has 1 amide bonds. The number of fused-ring (bicyclic) bond motifs is 1. The van der Waals surface area contributed by atoms with Gasteiger partial charge in [0.25, 0.3) is 5.91 Å². The number of ether oxygens (including phenoxy) is 1. The molecule has 3 rings (SSSR count). The molecule has 2 aromatic heterocycles.